The van der Waals surface area contributed by atoms with E-state index in [1.54, 1.807) is 12.1 Å². The van der Waals surface area contributed by atoms with Crippen molar-refractivity contribution in [2.45, 2.75) is 13.0 Å². The normalized spacial score (nSPS) is 11.4. The fraction of sp³-hybridized carbons (Fsp3) is 0.400. The average Bonchev–Trinajstić information content (AvgIpc) is 2.79. The Bertz CT molecular complexity index is 642. The molecule has 0 amide bonds. The number of hydrogen-bond donors (Lipinski definition) is 2. The van der Waals surface area contributed by atoms with Crippen LogP contribution in [0.1, 0.15) is 21.7 Å². The molecular formula is C15H19FN2O2S. The summed E-state index contributed by atoms with van der Waals surface area (Å²) in [6.07, 6.45) is 0.958. The van der Waals surface area contributed by atoms with E-state index >= 15 is 0 Å². The maximum Gasteiger partial charge on any atom is 0.346 e. The second-order valence-corrected chi connectivity index (χ2v) is 6.07. The van der Waals surface area contributed by atoms with E-state index in [9.17, 15) is 14.3 Å². The van der Waals surface area contributed by atoms with Gasteiger partial charge in [-0.25, -0.2) is 9.18 Å². The van der Waals surface area contributed by atoms with Crippen molar-refractivity contribution in [1.82, 2.24) is 10.2 Å². The van der Waals surface area contributed by atoms with Gasteiger partial charge in [0.25, 0.3) is 0 Å². The first-order valence-corrected chi connectivity index (χ1v) is 7.62. The minimum Gasteiger partial charge on any atom is -0.477 e. The lowest BCUT2D eigenvalue weighted by molar-refractivity contribution is 0.0700. The van der Waals surface area contributed by atoms with Gasteiger partial charge < -0.3 is 15.3 Å². The van der Waals surface area contributed by atoms with Gasteiger partial charge in [-0.3, -0.25) is 0 Å². The molecule has 2 aromatic rings. The molecule has 1 heterocycles. The van der Waals surface area contributed by atoms with Gasteiger partial charge in [0, 0.05) is 22.2 Å². The number of rotatable bonds is 7. The van der Waals surface area contributed by atoms with Crippen LogP contribution in [0.25, 0.3) is 10.1 Å². The molecule has 0 saturated heterocycles. The number of carbonyl (C=O) groups is 1. The van der Waals surface area contributed by atoms with Crippen LogP contribution in [0, 0.1) is 5.82 Å². The number of halogens is 1. The number of hydrogen-bond acceptors (Lipinski definition) is 4. The second kappa shape index (κ2) is 6.98. The summed E-state index contributed by atoms with van der Waals surface area (Å²) in [6.45, 7) is 2.16. The molecule has 6 heteroatoms. The Morgan fingerprint density at radius 3 is 2.90 bits per heavy atom. The zero-order valence-electron chi connectivity index (χ0n) is 12.1. The topological polar surface area (TPSA) is 52.6 Å². The quantitative estimate of drug-likeness (QED) is 0.772. The molecule has 1 aromatic carbocycles. The molecule has 0 aliphatic rings. The smallest absolute Gasteiger partial charge is 0.346 e. The van der Waals surface area contributed by atoms with Crippen LogP contribution in [-0.2, 0) is 6.54 Å². The molecule has 0 aliphatic heterocycles. The lowest BCUT2D eigenvalue weighted by Gasteiger charge is -2.16. The van der Waals surface area contributed by atoms with Crippen LogP contribution < -0.4 is 5.32 Å². The lowest BCUT2D eigenvalue weighted by atomic mass is 10.1. The highest BCUT2D eigenvalue weighted by molar-refractivity contribution is 7.21. The Kier molecular flexibility index (Phi) is 5.27. The third-order valence-electron chi connectivity index (χ3n) is 3.35. The third kappa shape index (κ3) is 3.58. The maximum atomic E-state index is 14.1. The van der Waals surface area contributed by atoms with Gasteiger partial charge in [-0.1, -0.05) is 6.07 Å². The van der Waals surface area contributed by atoms with Crippen molar-refractivity contribution in [2.24, 2.45) is 0 Å². The van der Waals surface area contributed by atoms with Crippen molar-refractivity contribution in [1.29, 1.82) is 0 Å². The fourth-order valence-corrected chi connectivity index (χ4v) is 3.43. The summed E-state index contributed by atoms with van der Waals surface area (Å²) in [5, 5.41) is 12.9. The molecule has 2 N–H and O–H groups in total. The van der Waals surface area contributed by atoms with E-state index in [4.69, 9.17) is 0 Å². The highest BCUT2D eigenvalue weighted by Crippen LogP contribution is 2.34. The van der Waals surface area contributed by atoms with E-state index < -0.39 is 5.97 Å². The number of carboxylic acid groups (broad SMARTS) is 1. The number of nitrogens with zero attached hydrogens (tertiary/aromatic N) is 1. The van der Waals surface area contributed by atoms with Crippen molar-refractivity contribution < 1.29 is 14.3 Å². The zero-order chi connectivity index (χ0) is 15.4. The summed E-state index contributed by atoms with van der Waals surface area (Å²) in [5.41, 5.74) is 0.576. The van der Waals surface area contributed by atoms with Crippen LogP contribution in [-0.4, -0.2) is 43.2 Å². The number of nitrogens with one attached hydrogen (secondary N) is 1. The van der Waals surface area contributed by atoms with E-state index in [1.807, 2.05) is 19.0 Å². The van der Waals surface area contributed by atoms with E-state index in [-0.39, 0.29) is 10.7 Å². The van der Waals surface area contributed by atoms with Gasteiger partial charge in [0.1, 0.15) is 10.7 Å². The number of thiophene rings is 1. The third-order valence-corrected chi connectivity index (χ3v) is 4.54. The molecule has 0 saturated carbocycles. The zero-order valence-corrected chi connectivity index (χ0v) is 13.0. The number of carboxylic acids is 1. The van der Waals surface area contributed by atoms with Gasteiger partial charge in [0.2, 0.25) is 0 Å². The van der Waals surface area contributed by atoms with Gasteiger partial charge in [-0.2, -0.15) is 0 Å². The highest BCUT2D eigenvalue weighted by Gasteiger charge is 2.20. The van der Waals surface area contributed by atoms with Gasteiger partial charge in [-0.15, -0.1) is 11.3 Å². The Balaban J connectivity index is 2.32. The standard InChI is InChI=1S/C15H19FN2O2S/c1-17-7-4-8-18(2)9-10-13-11(16)5-3-6-12(13)21-14(10)15(19)20/h3,5-6,17H,4,7-9H2,1-2H3,(H,19,20). The Morgan fingerprint density at radius 2 is 2.24 bits per heavy atom. The summed E-state index contributed by atoms with van der Waals surface area (Å²) in [7, 11) is 3.82. The lowest BCUT2D eigenvalue weighted by Crippen LogP contribution is -2.23. The SMILES string of the molecule is CNCCCN(C)Cc1c(C(=O)O)sc2cccc(F)c12. The minimum absolute atomic E-state index is 0.232. The van der Waals surface area contributed by atoms with Crippen molar-refractivity contribution in [2.75, 3.05) is 27.2 Å². The predicted molar refractivity (Wildman–Crippen MR) is 83.6 cm³/mol. The summed E-state index contributed by atoms with van der Waals surface area (Å²) in [5.74, 6) is -1.34. The molecule has 114 valence electrons. The molecule has 1 aromatic heterocycles. The van der Waals surface area contributed by atoms with Crippen molar-refractivity contribution in [3.8, 4) is 0 Å². The molecule has 0 atom stereocenters. The van der Waals surface area contributed by atoms with Crippen molar-refractivity contribution in [3.05, 3.63) is 34.5 Å². The predicted octanol–water partition coefficient (Wildman–Crippen LogP) is 2.78. The average molecular weight is 310 g/mol. The van der Waals surface area contributed by atoms with Crippen LogP contribution in [0.2, 0.25) is 0 Å². The molecule has 2 rings (SSSR count). The number of aromatic carboxylic acids is 1. The van der Waals surface area contributed by atoms with Crippen LogP contribution in [0.15, 0.2) is 18.2 Å². The number of benzene rings is 1. The molecular weight excluding hydrogens is 291 g/mol. The minimum atomic E-state index is -0.991. The Hall–Kier alpha value is -1.50. The molecule has 21 heavy (non-hydrogen) atoms. The van der Waals surface area contributed by atoms with E-state index in [0.717, 1.165) is 30.8 Å². The van der Waals surface area contributed by atoms with Crippen molar-refractivity contribution in [3.63, 3.8) is 0 Å². The molecule has 0 bridgehead atoms. The molecule has 0 fully saturated rings. The van der Waals surface area contributed by atoms with Crippen LogP contribution in [0.5, 0.6) is 0 Å². The highest BCUT2D eigenvalue weighted by atomic mass is 32.1. The first kappa shape index (κ1) is 15.9. The van der Waals surface area contributed by atoms with Gasteiger partial charge >= 0.3 is 5.97 Å². The van der Waals surface area contributed by atoms with E-state index in [2.05, 4.69) is 5.32 Å². The molecule has 4 nitrogen and oxygen atoms in total. The molecule has 0 radical (unpaired) electrons. The van der Waals surface area contributed by atoms with E-state index in [0.29, 0.717) is 22.2 Å². The summed E-state index contributed by atoms with van der Waals surface area (Å²) in [6, 6.07) is 4.76. The monoisotopic (exact) mass is 310 g/mol. The number of fused-ring (bicyclic) bond motifs is 1. The molecule has 0 aliphatic carbocycles. The van der Waals surface area contributed by atoms with Crippen molar-refractivity contribution >= 4 is 27.4 Å². The van der Waals surface area contributed by atoms with Crippen LogP contribution in [0.3, 0.4) is 0 Å². The Labute approximate surface area is 127 Å². The second-order valence-electron chi connectivity index (χ2n) is 5.02. The molecule has 0 spiro atoms. The molecule has 0 unspecified atom stereocenters. The fourth-order valence-electron chi connectivity index (χ4n) is 2.37. The first-order valence-electron chi connectivity index (χ1n) is 6.81. The summed E-state index contributed by atoms with van der Waals surface area (Å²) >= 11 is 1.14. The Morgan fingerprint density at radius 1 is 1.48 bits per heavy atom. The maximum absolute atomic E-state index is 14.1. The van der Waals surface area contributed by atoms with Gasteiger partial charge in [0.05, 0.1) is 0 Å². The summed E-state index contributed by atoms with van der Waals surface area (Å²) in [4.78, 5) is 13.7. The summed E-state index contributed by atoms with van der Waals surface area (Å²) < 4.78 is 14.8. The first-order chi connectivity index (χ1) is 10.0. The largest absolute Gasteiger partial charge is 0.477 e. The van der Waals surface area contributed by atoms with Crippen LogP contribution in [0.4, 0.5) is 4.39 Å². The van der Waals surface area contributed by atoms with Gasteiger partial charge in [0.15, 0.2) is 0 Å². The van der Waals surface area contributed by atoms with Gasteiger partial charge in [-0.05, 0) is 45.7 Å². The van der Waals surface area contributed by atoms with E-state index in [1.165, 1.54) is 6.07 Å². The van der Waals surface area contributed by atoms with Crippen LogP contribution >= 0.6 is 11.3 Å².